The molecule has 3 heteroatoms. The Morgan fingerprint density at radius 2 is 2.23 bits per heavy atom. The quantitative estimate of drug-likeness (QED) is 0.445. The second-order valence-electron chi connectivity index (χ2n) is 2.79. The molecule has 0 radical (unpaired) electrons. The maximum absolute atomic E-state index is 10.9. The summed E-state index contributed by atoms with van der Waals surface area (Å²) >= 11 is 0. The molecular formula is C10H18N2O. The van der Waals surface area contributed by atoms with Crippen LogP contribution in [0.25, 0.3) is 0 Å². The third-order valence-corrected chi connectivity index (χ3v) is 1.58. The van der Waals surface area contributed by atoms with Crippen LogP contribution >= 0.6 is 0 Å². The number of carbonyl (C=O) groups excluding carboxylic acids is 1. The number of carbonyl (C=O) groups is 1. The van der Waals surface area contributed by atoms with Crippen LogP contribution in [0.3, 0.4) is 0 Å². The van der Waals surface area contributed by atoms with Crippen molar-refractivity contribution in [1.82, 2.24) is 10.6 Å². The summed E-state index contributed by atoms with van der Waals surface area (Å²) in [4.78, 5) is 10.9. The highest BCUT2D eigenvalue weighted by atomic mass is 16.1. The van der Waals surface area contributed by atoms with Gasteiger partial charge < -0.3 is 10.6 Å². The van der Waals surface area contributed by atoms with Crippen molar-refractivity contribution < 1.29 is 4.79 Å². The van der Waals surface area contributed by atoms with Gasteiger partial charge in [-0.3, -0.25) is 4.79 Å². The fraction of sp³-hybridized carbons (Fsp3) is 0.700. The lowest BCUT2D eigenvalue weighted by atomic mass is 10.2. The van der Waals surface area contributed by atoms with Gasteiger partial charge in [0, 0.05) is 13.0 Å². The second kappa shape index (κ2) is 9.08. The Labute approximate surface area is 80.3 Å². The molecule has 0 spiro atoms. The Hall–Kier alpha value is -1.01. The third-order valence-electron chi connectivity index (χ3n) is 1.58. The summed E-state index contributed by atoms with van der Waals surface area (Å²) in [5, 5.41) is 5.76. The summed E-state index contributed by atoms with van der Waals surface area (Å²) in [7, 11) is 0. The minimum atomic E-state index is 0.0550. The number of likely N-dealkylation sites (N-methyl/N-ethyl adjacent to an activating group) is 1. The molecule has 0 fully saturated rings. The first-order chi connectivity index (χ1) is 6.31. The van der Waals surface area contributed by atoms with Gasteiger partial charge >= 0.3 is 0 Å². The molecule has 74 valence electrons. The highest BCUT2D eigenvalue weighted by Crippen LogP contribution is 1.90. The fourth-order valence-electron chi connectivity index (χ4n) is 0.939. The summed E-state index contributed by atoms with van der Waals surface area (Å²) < 4.78 is 0. The Morgan fingerprint density at radius 1 is 1.46 bits per heavy atom. The molecule has 0 unspecified atom stereocenters. The van der Waals surface area contributed by atoms with Gasteiger partial charge in [-0.15, -0.1) is 12.3 Å². The Morgan fingerprint density at radius 3 is 2.85 bits per heavy atom. The van der Waals surface area contributed by atoms with Crippen LogP contribution in [-0.2, 0) is 4.79 Å². The topological polar surface area (TPSA) is 41.1 Å². The van der Waals surface area contributed by atoms with E-state index in [0.29, 0.717) is 13.1 Å². The van der Waals surface area contributed by atoms with E-state index in [-0.39, 0.29) is 5.91 Å². The molecule has 0 saturated carbocycles. The maximum atomic E-state index is 10.9. The van der Waals surface area contributed by atoms with Crippen molar-refractivity contribution in [1.29, 1.82) is 0 Å². The van der Waals surface area contributed by atoms with Crippen LogP contribution in [0.4, 0.5) is 0 Å². The number of terminal acetylenes is 1. The van der Waals surface area contributed by atoms with Crippen LogP contribution in [0.15, 0.2) is 0 Å². The highest BCUT2D eigenvalue weighted by molar-refractivity contribution is 5.77. The van der Waals surface area contributed by atoms with Gasteiger partial charge in [-0.1, -0.05) is 0 Å². The number of rotatable bonds is 7. The molecule has 0 aromatic heterocycles. The van der Waals surface area contributed by atoms with E-state index in [1.165, 1.54) is 0 Å². The largest absolute Gasteiger partial charge is 0.355 e. The van der Waals surface area contributed by atoms with Crippen molar-refractivity contribution in [2.24, 2.45) is 0 Å². The molecule has 0 aliphatic rings. The smallest absolute Gasteiger partial charge is 0.233 e. The van der Waals surface area contributed by atoms with Crippen molar-refractivity contribution >= 4 is 5.91 Å². The van der Waals surface area contributed by atoms with E-state index in [1.54, 1.807) is 0 Å². The number of hydrogen-bond donors (Lipinski definition) is 2. The zero-order valence-electron chi connectivity index (χ0n) is 8.23. The second-order valence-corrected chi connectivity index (χ2v) is 2.79. The molecule has 1 amide bonds. The van der Waals surface area contributed by atoms with Gasteiger partial charge in [-0.05, 0) is 26.3 Å². The van der Waals surface area contributed by atoms with Crippen molar-refractivity contribution in [2.75, 3.05) is 19.6 Å². The van der Waals surface area contributed by atoms with Crippen LogP contribution in [-0.4, -0.2) is 25.5 Å². The predicted molar refractivity (Wildman–Crippen MR) is 54.2 cm³/mol. The molecule has 0 rings (SSSR count). The van der Waals surface area contributed by atoms with Crippen molar-refractivity contribution in [3.05, 3.63) is 0 Å². The number of unbranched alkanes of at least 4 members (excludes halogenated alkanes) is 2. The van der Waals surface area contributed by atoms with Gasteiger partial charge in [0.05, 0.1) is 6.54 Å². The minimum Gasteiger partial charge on any atom is -0.355 e. The normalized spacial score (nSPS) is 9.23. The number of hydrogen-bond acceptors (Lipinski definition) is 2. The lowest BCUT2D eigenvalue weighted by molar-refractivity contribution is -0.120. The van der Waals surface area contributed by atoms with E-state index in [4.69, 9.17) is 6.42 Å². The molecule has 3 nitrogen and oxygen atoms in total. The van der Waals surface area contributed by atoms with E-state index in [0.717, 1.165) is 25.8 Å². The van der Waals surface area contributed by atoms with Crippen LogP contribution in [0.1, 0.15) is 26.2 Å². The van der Waals surface area contributed by atoms with Crippen LogP contribution < -0.4 is 10.6 Å². The third kappa shape index (κ3) is 8.90. The minimum absolute atomic E-state index is 0.0550. The van der Waals surface area contributed by atoms with Crippen molar-refractivity contribution in [3.8, 4) is 12.3 Å². The maximum Gasteiger partial charge on any atom is 0.233 e. The number of nitrogens with one attached hydrogen (secondary N) is 2. The average molecular weight is 182 g/mol. The molecule has 0 aromatic rings. The molecule has 0 saturated heterocycles. The summed E-state index contributed by atoms with van der Waals surface area (Å²) in [5.74, 6) is 2.64. The Balaban J connectivity index is 3.07. The first-order valence-electron chi connectivity index (χ1n) is 4.72. The van der Waals surface area contributed by atoms with Gasteiger partial charge in [0.15, 0.2) is 0 Å². The molecule has 0 heterocycles. The summed E-state index contributed by atoms with van der Waals surface area (Å²) in [5.41, 5.74) is 0. The molecule has 0 aliphatic carbocycles. The van der Waals surface area contributed by atoms with Gasteiger partial charge in [0.2, 0.25) is 5.91 Å². The van der Waals surface area contributed by atoms with Crippen molar-refractivity contribution in [2.45, 2.75) is 26.2 Å². The first-order valence-corrected chi connectivity index (χ1v) is 4.72. The fourth-order valence-corrected chi connectivity index (χ4v) is 0.939. The van der Waals surface area contributed by atoms with Crippen LogP contribution in [0.2, 0.25) is 0 Å². The highest BCUT2D eigenvalue weighted by Gasteiger charge is 1.96. The van der Waals surface area contributed by atoms with Gasteiger partial charge in [0.1, 0.15) is 0 Å². The van der Waals surface area contributed by atoms with E-state index in [1.807, 2.05) is 6.92 Å². The summed E-state index contributed by atoms with van der Waals surface area (Å²) in [6.45, 7) is 3.87. The van der Waals surface area contributed by atoms with E-state index >= 15 is 0 Å². The molecule has 0 aromatic carbocycles. The Bertz CT molecular complexity index is 172. The molecule has 0 aliphatic heterocycles. The van der Waals surface area contributed by atoms with Crippen molar-refractivity contribution in [3.63, 3.8) is 0 Å². The standard InChI is InChI=1S/C10H18N2O/c1-3-5-6-7-8-11-9-10(13)12-4-2/h1,11H,4-9H2,2H3,(H,12,13). The lowest BCUT2D eigenvalue weighted by Gasteiger charge is -2.03. The SMILES string of the molecule is C#CCCCCNCC(=O)NCC. The van der Waals surface area contributed by atoms with Gasteiger partial charge in [-0.25, -0.2) is 0 Å². The summed E-state index contributed by atoms with van der Waals surface area (Å²) in [6, 6.07) is 0. The Kier molecular flexibility index (Phi) is 8.38. The molecule has 0 bridgehead atoms. The zero-order valence-corrected chi connectivity index (χ0v) is 8.23. The van der Waals surface area contributed by atoms with E-state index in [9.17, 15) is 4.79 Å². The summed E-state index contributed by atoms with van der Waals surface area (Å²) in [6.07, 6.45) is 7.98. The first kappa shape index (κ1) is 12.0. The van der Waals surface area contributed by atoms with Gasteiger partial charge in [0.25, 0.3) is 0 Å². The van der Waals surface area contributed by atoms with E-state index < -0.39 is 0 Å². The lowest BCUT2D eigenvalue weighted by Crippen LogP contribution is -2.33. The molecule has 0 atom stereocenters. The van der Waals surface area contributed by atoms with Gasteiger partial charge in [-0.2, -0.15) is 0 Å². The average Bonchev–Trinajstić information content (AvgIpc) is 2.11. The predicted octanol–water partition coefficient (Wildman–Crippen LogP) is 0.516. The molecule has 13 heavy (non-hydrogen) atoms. The van der Waals surface area contributed by atoms with E-state index in [2.05, 4.69) is 16.6 Å². The molecule has 2 N–H and O–H groups in total. The number of amides is 1. The van der Waals surface area contributed by atoms with Crippen LogP contribution in [0, 0.1) is 12.3 Å². The monoisotopic (exact) mass is 182 g/mol. The molecular weight excluding hydrogens is 164 g/mol. The zero-order chi connectivity index (χ0) is 9.94. The van der Waals surface area contributed by atoms with Crippen LogP contribution in [0.5, 0.6) is 0 Å².